The van der Waals surface area contributed by atoms with Gasteiger partial charge in [-0.2, -0.15) is 0 Å². The van der Waals surface area contributed by atoms with E-state index in [1.807, 2.05) is 11.6 Å². The molecule has 6 nitrogen and oxygen atoms in total. The lowest BCUT2D eigenvalue weighted by atomic mass is 10.1. The van der Waals surface area contributed by atoms with Crippen LogP contribution >= 0.6 is 23.4 Å². The van der Waals surface area contributed by atoms with Gasteiger partial charge in [-0.15, -0.1) is 10.2 Å². The Morgan fingerprint density at radius 3 is 2.75 bits per heavy atom. The number of hydrogen-bond donors (Lipinski definition) is 2. The number of rotatable bonds is 5. The molecule has 0 saturated carbocycles. The Labute approximate surface area is 125 Å². The molecule has 0 radical (unpaired) electrons. The number of aromatic nitrogens is 3. The van der Waals surface area contributed by atoms with E-state index in [4.69, 9.17) is 23.1 Å². The van der Waals surface area contributed by atoms with Crippen LogP contribution in [0.2, 0.25) is 5.02 Å². The van der Waals surface area contributed by atoms with E-state index >= 15 is 0 Å². The third-order valence-corrected chi connectivity index (χ3v) is 4.22. The number of nitrogens with zero attached hydrogens (tertiary/aromatic N) is 3. The van der Waals surface area contributed by atoms with Crippen molar-refractivity contribution in [3.63, 3.8) is 0 Å². The van der Waals surface area contributed by atoms with Crippen LogP contribution in [0.25, 0.3) is 0 Å². The fourth-order valence-electron chi connectivity index (χ4n) is 1.61. The highest BCUT2D eigenvalue weighted by atomic mass is 35.5. The summed E-state index contributed by atoms with van der Waals surface area (Å²) in [6.45, 7) is 0.345. The molecule has 1 aromatic carbocycles. The van der Waals surface area contributed by atoms with Crippen LogP contribution in [0.15, 0.2) is 23.4 Å². The Morgan fingerprint density at radius 2 is 2.20 bits per heavy atom. The van der Waals surface area contributed by atoms with Gasteiger partial charge in [0.1, 0.15) is 5.82 Å². The van der Waals surface area contributed by atoms with Crippen molar-refractivity contribution >= 4 is 29.3 Å². The van der Waals surface area contributed by atoms with E-state index in [-0.39, 0.29) is 0 Å². The fourth-order valence-corrected chi connectivity index (χ4v) is 2.87. The number of hydrogen-bond acceptors (Lipinski definition) is 5. The zero-order valence-corrected chi connectivity index (χ0v) is 12.4. The lowest BCUT2D eigenvalue weighted by molar-refractivity contribution is 0.100. The molecule has 0 saturated heterocycles. The molecule has 20 heavy (non-hydrogen) atoms. The van der Waals surface area contributed by atoms with Gasteiger partial charge in [0.15, 0.2) is 5.16 Å². The van der Waals surface area contributed by atoms with E-state index in [0.717, 1.165) is 16.5 Å². The maximum absolute atomic E-state index is 11.0. The van der Waals surface area contributed by atoms with Crippen LogP contribution in [0.5, 0.6) is 0 Å². The molecular formula is C12H14ClN5OS. The number of carbonyl (C=O) groups excluding carboxylic acids is 1. The van der Waals surface area contributed by atoms with Crippen molar-refractivity contribution in [1.82, 2.24) is 14.8 Å². The second kappa shape index (κ2) is 6.25. The minimum atomic E-state index is -0.494. The summed E-state index contributed by atoms with van der Waals surface area (Å²) in [5, 5.41) is 9.31. The Bertz CT molecular complexity index is 643. The minimum absolute atomic E-state index is 0.345. The van der Waals surface area contributed by atoms with Gasteiger partial charge in [-0.25, -0.2) is 0 Å². The van der Waals surface area contributed by atoms with Crippen molar-refractivity contribution in [2.75, 3.05) is 0 Å². The van der Waals surface area contributed by atoms with Crippen molar-refractivity contribution in [3.05, 3.63) is 40.2 Å². The van der Waals surface area contributed by atoms with Crippen molar-refractivity contribution in [3.8, 4) is 0 Å². The van der Waals surface area contributed by atoms with Gasteiger partial charge < -0.3 is 16.0 Å². The van der Waals surface area contributed by atoms with E-state index in [0.29, 0.717) is 22.9 Å². The van der Waals surface area contributed by atoms with E-state index in [1.165, 1.54) is 11.8 Å². The molecule has 1 aromatic heterocycles. The van der Waals surface area contributed by atoms with E-state index < -0.39 is 5.91 Å². The largest absolute Gasteiger partial charge is 0.366 e. The molecule has 0 aliphatic heterocycles. The molecule has 0 aliphatic carbocycles. The summed E-state index contributed by atoms with van der Waals surface area (Å²) in [6.07, 6.45) is 0. The topological polar surface area (TPSA) is 99.8 Å². The van der Waals surface area contributed by atoms with Crippen molar-refractivity contribution in [1.29, 1.82) is 0 Å². The molecule has 1 amide bonds. The first kappa shape index (κ1) is 14.8. The number of primary amides is 1. The zero-order chi connectivity index (χ0) is 14.7. The average molecular weight is 312 g/mol. The Balaban J connectivity index is 2.11. The van der Waals surface area contributed by atoms with E-state index in [1.54, 1.807) is 18.2 Å². The molecule has 0 aliphatic rings. The minimum Gasteiger partial charge on any atom is -0.366 e. The molecule has 2 aromatic rings. The number of thioether (sulfide) groups is 1. The maximum Gasteiger partial charge on any atom is 0.248 e. The Morgan fingerprint density at radius 1 is 1.45 bits per heavy atom. The molecule has 0 fully saturated rings. The molecular weight excluding hydrogens is 298 g/mol. The van der Waals surface area contributed by atoms with Crippen molar-refractivity contribution < 1.29 is 4.79 Å². The number of nitrogens with two attached hydrogens (primary N) is 2. The van der Waals surface area contributed by atoms with Gasteiger partial charge in [0.25, 0.3) is 0 Å². The SMILES string of the molecule is Cn1c(CN)nnc1SCc1ccc(C(N)=O)cc1Cl. The lowest BCUT2D eigenvalue weighted by Crippen LogP contribution is -2.10. The number of carbonyl (C=O) groups is 1. The van der Waals surface area contributed by atoms with Crippen LogP contribution in [-0.2, 0) is 19.3 Å². The first-order valence-corrected chi connectivity index (χ1v) is 7.18. The summed E-state index contributed by atoms with van der Waals surface area (Å²) in [4.78, 5) is 11.0. The predicted octanol–water partition coefficient (Wildman–Crippen LogP) is 1.32. The van der Waals surface area contributed by atoms with Crippen molar-refractivity contribution in [2.24, 2.45) is 18.5 Å². The molecule has 0 atom stereocenters. The predicted molar refractivity (Wildman–Crippen MR) is 78.4 cm³/mol. The summed E-state index contributed by atoms with van der Waals surface area (Å²) >= 11 is 7.63. The summed E-state index contributed by atoms with van der Waals surface area (Å²) < 4.78 is 1.84. The second-order valence-corrected chi connectivity index (χ2v) is 5.47. The van der Waals surface area contributed by atoms with Gasteiger partial charge in [0.2, 0.25) is 5.91 Å². The smallest absolute Gasteiger partial charge is 0.248 e. The highest BCUT2D eigenvalue weighted by molar-refractivity contribution is 7.98. The van der Waals surface area contributed by atoms with Crippen LogP contribution in [0.4, 0.5) is 0 Å². The molecule has 0 unspecified atom stereocenters. The molecule has 4 N–H and O–H groups in total. The molecule has 106 valence electrons. The third kappa shape index (κ3) is 3.12. The molecule has 0 bridgehead atoms. The van der Waals surface area contributed by atoms with Crippen molar-refractivity contribution in [2.45, 2.75) is 17.5 Å². The van der Waals surface area contributed by atoms with Gasteiger partial charge in [-0.1, -0.05) is 29.4 Å². The number of benzene rings is 1. The van der Waals surface area contributed by atoms with Gasteiger partial charge in [0, 0.05) is 23.4 Å². The maximum atomic E-state index is 11.0. The normalized spacial score (nSPS) is 10.8. The standard InChI is InChI=1S/C12H14ClN5OS/c1-18-10(5-14)16-17-12(18)20-6-8-3-2-7(11(15)19)4-9(8)13/h2-4H,5-6,14H2,1H3,(H2,15,19). The van der Waals surface area contributed by atoms with Crippen LogP contribution in [0.3, 0.4) is 0 Å². The molecule has 1 heterocycles. The molecule has 8 heteroatoms. The Hall–Kier alpha value is -1.57. The van der Waals surface area contributed by atoms with Gasteiger partial charge in [-0.05, 0) is 17.7 Å². The highest BCUT2D eigenvalue weighted by Gasteiger charge is 2.10. The fraction of sp³-hybridized carbons (Fsp3) is 0.250. The van der Waals surface area contributed by atoms with Gasteiger partial charge >= 0.3 is 0 Å². The first-order valence-electron chi connectivity index (χ1n) is 5.82. The average Bonchev–Trinajstić information content (AvgIpc) is 2.77. The summed E-state index contributed by atoms with van der Waals surface area (Å²) in [6, 6.07) is 5.02. The van der Waals surface area contributed by atoms with Crippen LogP contribution in [0, 0.1) is 0 Å². The quantitative estimate of drug-likeness (QED) is 0.811. The van der Waals surface area contributed by atoms with Crippen LogP contribution in [0.1, 0.15) is 21.7 Å². The summed E-state index contributed by atoms with van der Waals surface area (Å²) in [5.74, 6) is 0.851. The summed E-state index contributed by atoms with van der Waals surface area (Å²) in [5.41, 5.74) is 12.0. The third-order valence-electron chi connectivity index (χ3n) is 2.80. The number of halogens is 1. The first-order chi connectivity index (χ1) is 9.52. The highest BCUT2D eigenvalue weighted by Crippen LogP contribution is 2.26. The van der Waals surface area contributed by atoms with E-state index in [9.17, 15) is 4.79 Å². The summed E-state index contributed by atoms with van der Waals surface area (Å²) in [7, 11) is 1.86. The monoisotopic (exact) mass is 311 g/mol. The molecule has 2 rings (SSSR count). The van der Waals surface area contributed by atoms with Gasteiger partial charge in [0.05, 0.1) is 6.54 Å². The Kier molecular flexibility index (Phi) is 4.64. The lowest BCUT2D eigenvalue weighted by Gasteiger charge is -2.06. The number of amides is 1. The van der Waals surface area contributed by atoms with Crippen LogP contribution in [-0.4, -0.2) is 20.7 Å². The molecule has 0 spiro atoms. The van der Waals surface area contributed by atoms with Crippen LogP contribution < -0.4 is 11.5 Å². The van der Waals surface area contributed by atoms with E-state index in [2.05, 4.69) is 10.2 Å². The van der Waals surface area contributed by atoms with Gasteiger partial charge in [-0.3, -0.25) is 4.79 Å². The second-order valence-electron chi connectivity index (χ2n) is 4.12. The zero-order valence-electron chi connectivity index (χ0n) is 10.8.